The average Bonchev–Trinajstić information content (AvgIpc) is 2.97. The minimum atomic E-state index is 0.149. The molecule has 0 amide bonds. The molecular formula is C13H20N4S. The first kappa shape index (κ1) is 13.2. The number of thiazole rings is 1. The number of rotatable bonds is 6. The number of aryl methyl sites for hydroxylation is 1. The van der Waals surface area contributed by atoms with Crippen molar-refractivity contribution in [1.29, 1.82) is 0 Å². The molecule has 0 aliphatic rings. The maximum Gasteiger partial charge on any atom is 0.114 e. The fraction of sp³-hybridized carbons (Fsp3) is 0.538. The highest BCUT2D eigenvalue weighted by molar-refractivity contribution is 7.09. The maximum atomic E-state index is 4.42. The molecule has 4 nitrogen and oxygen atoms in total. The highest BCUT2D eigenvalue weighted by atomic mass is 32.1. The van der Waals surface area contributed by atoms with Gasteiger partial charge in [0.05, 0.1) is 12.2 Å². The van der Waals surface area contributed by atoms with E-state index in [9.17, 15) is 0 Å². The Labute approximate surface area is 112 Å². The molecule has 0 bridgehead atoms. The van der Waals surface area contributed by atoms with Gasteiger partial charge in [-0.2, -0.15) is 5.10 Å². The molecule has 2 rings (SSSR count). The first-order valence-electron chi connectivity index (χ1n) is 6.38. The third kappa shape index (κ3) is 3.17. The van der Waals surface area contributed by atoms with E-state index in [1.54, 1.807) is 11.3 Å². The number of nitrogens with zero attached hydrogens (tertiary/aromatic N) is 3. The molecule has 0 fully saturated rings. The summed E-state index contributed by atoms with van der Waals surface area (Å²) in [6.07, 6.45) is 7.01. The van der Waals surface area contributed by atoms with Crippen LogP contribution in [0.15, 0.2) is 24.0 Å². The molecule has 0 saturated heterocycles. The Morgan fingerprint density at radius 2 is 2.28 bits per heavy atom. The third-order valence-corrected chi connectivity index (χ3v) is 3.48. The molecule has 0 aliphatic heterocycles. The summed E-state index contributed by atoms with van der Waals surface area (Å²) in [6.45, 7) is 7.42. The molecule has 98 valence electrons. The van der Waals surface area contributed by atoms with Gasteiger partial charge in [-0.3, -0.25) is 4.68 Å². The van der Waals surface area contributed by atoms with Crippen LogP contribution in [-0.2, 0) is 6.54 Å². The molecule has 5 heteroatoms. The van der Waals surface area contributed by atoms with Crippen molar-refractivity contribution >= 4 is 11.3 Å². The van der Waals surface area contributed by atoms with E-state index in [0.717, 1.165) is 18.0 Å². The lowest BCUT2D eigenvalue weighted by Crippen LogP contribution is -2.28. The Bertz CT molecular complexity index is 461. The highest BCUT2D eigenvalue weighted by Crippen LogP contribution is 2.24. The Morgan fingerprint density at radius 1 is 1.44 bits per heavy atom. The molecule has 0 aromatic carbocycles. The van der Waals surface area contributed by atoms with E-state index >= 15 is 0 Å². The quantitative estimate of drug-likeness (QED) is 0.872. The second kappa shape index (κ2) is 6.11. The van der Waals surface area contributed by atoms with Gasteiger partial charge in [0.15, 0.2) is 0 Å². The monoisotopic (exact) mass is 264 g/mol. The first-order valence-corrected chi connectivity index (χ1v) is 7.26. The second-order valence-electron chi connectivity index (χ2n) is 4.66. The molecule has 1 atom stereocenters. The molecular weight excluding hydrogens is 244 g/mol. The van der Waals surface area contributed by atoms with Crippen LogP contribution in [0.3, 0.4) is 0 Å². The fourth-order valence-corrected chi connectivity index (χ4v) is 2.62. The van der Waals surface area contributed by atoms with E-state index in [1.165, 1.54) is 5.56 Å². The molecule has 1 N–H and O–H groups in total. The van der Waals surface area contributed by atoms with Crippen LogP contribution in [0.1, 0.15) is 43.8 Å². The van der Waals surface area contributed by atoms with Gasteiger partial charge in [0.25, 0.3) is 0 Å². The highest BCUT2D eigenvalue weighted by Gasteiger charge is 2.18. The standard InChI is InChI=1S/C13H20N4S/c1-4-6-17-9-11(8-15-17)12(16-10(2)3)13-14-5-7-18-13/h5,7-10,12,16H,4,6H2,1-3H3. The molecule has 2 aromatic rings. The number of hydrogen-bond acceptors (Lipinski definition) is 4. The van der Waals surface area contributed by atoms with Crippen molar-refractivity contribution in [2.24, 2.45) is 0 Å². The molecule has 1 unspecified atom stereocenters. The largest absolute Gasteiger partial charge is 0.302 e. The van der Waals surface area contributed by atoms with Gasteiger partial charge in [-0.05, 0) is 20.3 Å². The average molecular weight is 264 g/mol. The van der Waals surface area contributed by atoms with Crippen LogP contribution in [0.5, 0.6) is 0 Å². The van der Waals surface area contributed by atoms with Crippen LogP contribution in [-0.4, -0.2) is 20.8 Å². The lowest BCUT2D eigenvalue weighted by molar-refractivity contribution is 0.525. The SMILES string of the molecule is CCCn1cc(C(NC(C)C)c2nccs2)cn1. The van der Waals surface area contributed by atoms with Gasteiger partial charge in [0, 0.05) is 35.9 Å². The summed E-state index contributed by atoms with van der Waals surface area (Å²) in [7, 11) is 0. The number of aromatic nitrogens is 3. The molecule has 0 aliphatic carbocycles. The van der Waals surface area contributed by atoms with Crippen LogP contribution >= 0.6 is 11.3 Å². The lowest BCUT2D eigenvalue weighted by Gasteiger charge is -2.17. The minimum Gasteiger partial charge on any atom is -0.302 e. The Kier molecular flexibility index (Phi) is 4.49. The Balaban J connectivity index is 2.22. The summed E-state index contributed by atoms with van der Waals surface area (Å²) in [5.74, 6) is 0. The van der Waals surface area contributed by atoms with Gasteiger partial charge >= 0.3 is 0 Å². The van der Waals surface area contributed by atoms with Crippen LogP contribution in [0, 0.1) is 0 Å². The van der Waals surface area contributed by atoms with Gasteiger partial charge in [-0.1, -0.05) is 6.92 Å². The maximum absolute atomic E-state index is 4.42. The smallest absolute Gasteiger partial charge is 0.114 e. The van der Waals surface area contributed by atoms with E-state index in [2.05, 4.69) is 42.4 Å². The summed E-state index contributed by atoms with van der Waals surface area (Å²) in [4.78, 5) is 4.42. The normalized spacial score (nSPS) is 13.1. The fourth-order valence-electron chi connectivity index (χ4n) is 1.90. The Hall–Kier alpha value is -1.20. The van der Waals surface area contributed by atoms with Crippen molar-refractivity contribution in [3.8, 4) is 0 Å². The molecule has 2 aromatic heterocycles. The van der Waals surface area contributed by atoms with Crippen LogP contribution in [0.4, 0.5) is 0 Å². The van der Waals surface area contributed by atoms with Gasteiger partial charge in [-0.15, -0.1) is 11.3 Å². The summed E-state index contributed by atoms with van der Waals surface area (Å²) < 4.78 is 2.00. The third-order valence-electron chi connectivity index (χ3n) is 2.64. The summed E-state index contributed by atoms with van der Waals surface area (Å²) in [5.41, 5.74) is 1.19. The molecule has 0 saturated carbocycles. The van der Waals surface area contributed by atoms with Crippen LogP contribution in [0.25, 0.3) is 0 Å². The van der Waals surface area contributed by atoms with Crippen molar-refractivity contribution in [3.63, 3.8) is 0 Å². The van der Waals surface area contributed by atoms with Crippen molar-refractivity contribution in [3.05, 3.63) is 34.5 Å². The minimum absolute atomic E-state index is 0.149. The van der Waals surface area contributed by atoms with Gasteiger partial charge in [-0.25, -0.2) is 4.98 Å². The van der Waals surface area contributed by atoms with Gasteiger partial charge < -0.3 is 5.32 Å². The summed E-state index contributed by atoms with van der Waals surface area (Å²) >= 11 is 1.68. The lowest BCUT2D eigenvalue weighted by atomic mass is 10.1. The predicted molar refractivity (Wildman–Crippen MR) is 74.7 cm³/mol. The summed E-state index contributed by atoms with van der Waals surface area (Å²) in [6, 6.07) is 0.559. The van der Waals surface area contributed by atoms with E-state index in [1.807, 2.05) is 22.5 Å². The Morgan fingerprint density at radius 3 is 2.89 bits per heavy atom. The second-order valence-corrected chi connectivity index (χ2v) is 5.59. The number of nitrogens with one attached hydrogen (secondary N) is 1. The number of hydrogen-bond donors (Lipinski definition) is 1. The first-order chi connectivity index (χ1) is 8.70. The zero-order valence-electron chi connectivity index (χ0n) is 11.1. The van der Waals surface area contributed by atoms with Crippen molar-refractivity contribution in [2.75, 3.05) is 0 Å². The van der Waals surface area contributed by atoms with Gasteiger partial charge in [0.1, 0.15) is 5.01 Å². The molecule has 0 radical (unpaired) electrons. The van der Waals surface area contributed by atoms with Crippen molar-refractivity contribution in [2.45, 2.75) is 45.8 Å². The van der Waals surface area contributed by atoms with E-state index in [0.29, 0.717) is 6.04 Å². The van der Waals surface area contributed by atoms with E-state index < -0.39 is 0 Å². The molecule has 0 spiro atoms. The van der Waals surface area contributed by atoms with Gasteiger partial charge in [0.2, 0.25) is 0 Å². The zero-order valence-corrected chi connectivity index (χ0v) is 11.9. The topological polar surface area (TPSA) is 42.7 Å². The zero-order chi connectivity index (χ0) is 13.0. The van der Waals surface area contributed by atoms with E-state index in [-0.39, 0.29) is 6.04 Å². The molecule has 2 heterocycles. The summed E-state index contributed by atoms with van der Waals surface area (Å²) in [5, 5.41) is 11.1. The molecule has 18 heavy (non-hydrogen) atoms. The van der Waals surface area contributed by atoms with Crippen molar-refractivity contribution < 1.29 is 0 Å². The van der Waals surface area contributed by atoms with Crippen molar-refractivity contribution in [1.82, 2.24) is 20.1 Å². The van der Waals surface area contributed by atoms with Crippen LogP contribution < -0.4 is 5.32 Å². The predicted octanol–water partition coefficient (Wildman–Crippen LogP) is 2.84. The van der Waals surface area contributed by atoms with E-state index in [4.69, 9.17) is 0 Å². The van der Waals surface area contributed by atoms with Crippen LogP contribution in [0.2, 0.25) is 0 Å².